The zero-order chi connectivity index (χ0) is 52.3. The Morgan fingerprint density at radius 3 is 1.60 bits per heavy atom. The molecule has 1 saturated heterocycles. The average Bonchev–Trinajstić information content (AvgIpc) is 3.95. The van der Waals surface area contributed by atoms with Gasteiger partial charge >= 0.3 is 41.8 Å². The SMILES string of the molecule is COC(=O)CC[C@@H]1/C2=C(\C)C3=NC([C@H](CC(=O)OC)[C@@]3(C)CCC(=O)OC)[C@]3(C)N=C(/C(C)=C4\N/C(=C\C(=N2)C1(C)C)[C@H](CCC(=O)OC)[C@]4(C)CC(=O)OC)[C@H](CCC(=O)OC)[C@]3(C)CC(=O)OC. The fourth-order valence-corrected chi connectivity index (χ4v) is 12.3. The second-order valence-corrected chi connectivity index (χ2v) is 20.7. The number of rotatable bonds is 18. The van der Waals surface area contributed by atoms with Crippen molar-refractivity contribution in [3.63, 3.8) is 0 Å². The maximum absolute atomic E-state index is 14.0. The number of hydrogen-bond donors (Lipinski definition) is 1. The van der Waals surface area contributed by atoms with Crippen LogP contribution in [-0.4, -0.2) is 120 Å². The van der Waals surface area contributed by atoms with E-state index in [-0.39, 0.29) is 64.2 Å². The molecule has 5 aliphatic rings. The van der Waals surface area contributed by atoms with E-state index in [0.29, 0.717) is 51.8 Å². The van der Waals surface area contributed by atoms with Crippen molar-refractivity contribution in [1.29, 1.82) is 0 Å². The van der Waals surface area contributed by atoms with E-state index in [2.05, 4.69) is 19.2 Å². The highest BCUT2D eigenvalue weighted by atomic mass is 16.5. The molecule has 0 spiro atoms. The van der Waals surface area contributed by atoms with Crippen LogP contribution in [0.2, 0.25) is 0 Å². The molecular formula is C52H74N4O14. The molecule has 0 amide bonds. The lowest BCUT2D eigenvalue weighted by atomic mass is 9.55. The van der Waals surface area contributed by atoms with Crippen molar-refractivity contribution in [2.45, 2.75) is 138 Å². The van der Waals surface area contributed by atoms with Gasteiger partial charge in [0, 0.05) is 105 Å². The van der Waals surface area contributed by atoms with Crippen LogP contribution in [0, 0.1) is 45.3 Å². The Bertz CT molecular complexity index is 2340. The van der Waals surface area contributed by atoms with Gasteiger partial charge in [-0.1, -0.05) is 34.6 Å². The first kappa shape index (κ1) is 55.2. The van der Waals surface area contributed by atoms with Crippen LogP contribution in [0.15, 0.2) is 49.3 Å². The smallest absolute Gasteiger partial charge is 0.306 e. The van der Waals surface area contributed by atoms with Crippen LogP contribution in [0.25, 0.3) is 0 Å². The maximum atomic E-state index is 14.0. The number of fused-ring (bicyclic) bond motifs is 6. The van der Waals surface area contributed by atoms with Crippen molar-refractivity contribution in [3.8, 4) is 0 Å². The van der Waals surface area contributed by atoms with E-state index < -0.39 is 98.7 Å². The molecule has 8 bridgehead atoms. The quantitative estimate of drug-likeness (QED) is 0.113. The second kappa shape index (κ2) is 21.4. The minimum atomic E-state index is -1.37. The lowest BCUT2D eigenvalue weighted by Crippen LogP contribution is -2.55. The van der Waals surface area contributed by atoms with Crippen LogP contribution in [0.5, 0.6) is 0 Å². The molecule has 386 valence electrons. The van der Waals surface area contributed by atoms with Crippen molar-refractivity contribution in [2.24, 2.45) is 60.3 Å². The number of aliphatic imine (C=N–C) groups is 3. The van der Waals surface area contributed by atoms with Crippen LogP contribution >= 0.6 is 0 Å². The highest BCUT2D eigenvalue weighted by Crippen LogP contribution is 2.62. The number of esters is 7. The second-order valence-electron chi connectivity index (χ2n) is 20.7. The molecule has 18 heteroatoms. The molecule has 0 saturated carbocycles. The minimum Gasteiger partial charge on any atom is -0.469 e. The third kappa shape index (κ3) is 9.97. The molecule has 5 heterocycles. The summed E-state index contributed by atoms with van der Waals surface area (Å²) in [6, 6.07) is -0.888. The van der Waals surface area contributed by atoms with Gasteiger partial charge in [-0.3, -0.25) is 48.5 Å². The van der Waals surface area contributed by atoms with Gasteiger partial charge in [-0.05, 0) is 63.7 Å². The summed E-state index contributed by atoms with van der Waals surface area (Å²) in [6.45, 7) is 15.7. The number of hydrogen-bond acceptors (Lipinski definition) is 18. The van der Waals surface area contributed by atoms with Gasteiger partial charge in [-0.25, -0.2) is 0 Å². The van der Waals surface area contributed by atoms with Gasteiger partial charge in [0.25, 0.3) is 0 Å². The highest BCUT2D eigenvalue weighted by molar-refractivity contribution is 6.10. The summed E-state index contributed by atoms with van der Waals surface area (Å²) in [5.41, 5.74) is -0.483. The van der Waals surface area contributed by atoms with Crippen molar-refractivity contribution >= 4 is 58.9 Å². The summed E-state index contributed by atoms with van der Waals surface area (Å²) >= 11 is 0. The van der Waals surface area contributed by atoms with Crippen molar-refractivity contribution in [2.75, 3.05) is 49.8 Å². The Morgan fingerprint density at radius 2 is 1.07 bits per heavy atom. The van der Waals surface area contributed by atoms with Gasteiger partial charge in [0.15, 0.2) is 0 Å². The van der Waals surface area contributed by atoms with E-state index in [1.54, 1.807) is 0 Å². The number of methoxy groups -OCH3 is 7. The molecule has 0 aromatic heterocycles. The predicted octanol–water partition coefficient (Wildman–Crippen LogP) is 6.54. The van der Waals surface area contributed by atoms with E-state index >= 15 is 0 Å². The minimum absolute atomic E-state index is 0.0103. The Morgan fingerprint density at radius 1 is 0.586 bits per heavy atom. The van der Waals surface area contributed by atoms with Crippen molar-refractivity contribution in [3.05, 3.63) is 34.3 Å². The molecule has 5 rings (SSSR count). The number of nitrogens with zero attached hydrogens (tertiary/aromatic N) is 3. The van der Waals surface area contributed by atoms with E-state index in [9.17, 15) is 33.6 Å². The summed E-state index contributed by atoms with van der Waals surface area (Å²) in [5, 5.41) is 3.73. The van der Waals surface area contributed by atoms with Gasteiger partial charge in [0.2, 0.25) is 0 Å². The normalized spacial score (nSPS) is 33.4. The van der Waals surface area contributed by atoms with Crippen LogP contribution < -0.4 is 5.32 Å². The first-order chi connectivity index (χ1) is 32.8. The van der Waals surface area contributed by atoms with Crippen molar-refractivity contribution in [1.82, 2.24) is 5.32 Å². The monoisotopic (exact) mass is 979 g/mol. The third-order valence-electron chi connectivity index (χ3n) is 16.8. The standard InChI is InChI=1S/C52H74N4O14/c1-28-43-31(17-20-37(58)65-10)48(3,4)35(54-43)25-34-30(16-19-36(57)64-9)50(6,26-41(62)69-14)46(53-34)29(2)44-32(18-21-38(59)66-11)51(7,27-42(63)70-15)52(8,56-44)47-33(24-40(61)68-13)49(5,45(28)55-47)23-22-39(60)67-12/h25,30-33,47,53H,16-24,26-27H2,1-15H3/b34-25-,43-28-,46-29-/t30-,31+,32-,33-,47?,49+,50-,51-,52-/m0/s1. The summed E-state index contributed by atoms with van der Waals surface area (Å²) in [6.07, 6.45) is 2.42. The van der Waals surface area contributed by atoms with Crippen LogP contribution in [0.4, 0.5) is 0 Å². The molecule has 9 atom stereocenters. The van der Waals surface area contributed by atoms with Gasteiger partial charge in [0.1, 0.15) is 0 Å². The van der Waals surface area contributed by atoms with E-state index in [1.165, 1.54) is 49.8 Å². The molecular weight excluding hydrogens is 905 g/mol. The Hall–Kier alpha value is -5.68. The van der Waals surface area contributed by atoms with E-state index in [0.717, 1.165) is 0 Å². The molecule has 1 fully saturated rings. The fourth-order valence-electron chi connectivity index (χ4n) is 12.3. The Balaban J connectivity index is 2.05. The topological polar surface area (TPSA) is 233 Å². The number of carbonyl (C=O) groups excluding carboxylic acids is 7. The van der Waals surface area contributed by atoms with Gasteiger partial charge in [0.05, 0.1) is 80.6 Å². The Kier molecular flexibility index (Phi) is 16.9. The molecule has 0 aromatic carbocycles. The molecule has 1 N–H and O–H groups in total. The zero-order valence-electron chi connectivity index (χ0n) is 43.8. The van der Waals surface area contributed by atoms with Gasteiger partial charge in [-0.15, -0.1) is 0 Å². The number of allylic oxidation sites excluding steroid dienone is 6. The molecule has 18 nitrogen and oxygen atoms in total. The fraction of sp³-hybridized carbons (Fsp3) is 0.692. The first-order valence-corrected chi connectivity index (χ1v) is 24.0. The lowest BCUT2D eigenvalue weighted by molar-refractivity contribution is -0.147. The molecule has 0 aromatic rings. The van der Waals surface area contributed by atoms with Crippen molar-refractivity contribution < 1.29 is 66.7 Å². The molecule has 1 unspecified atom stereocenters. The van der Waals surface area contributed by atoms with E-state index in [4.69, 9.17) is 48.1 Å². The average molecular weight is 979 g/mol. The number of nitrogens with one attached hydrogen (secondary N) is 1. The van der Waals surface area contributed by atoms with Crippen LogP contribution in [0.1, 0.15) is 126 Å². The summed E-state index contributed by atoms with van der Waals surface area (Å²) in [7, 11) is 9.21. The number of carbonyl (C=O) groups is 7. The van der Waals surface area contributed by atoms with Gasteiger partial charge in [-0.2, -0.15) is 0 Å². The van der Waals surface area contributed by atoms with Crippen LogP contribution in [0.3, 0.4) is 0 Å². The lowest BCUT2D eigenvalue weighted by Gasteiger charge is -2.48. The maximum Gasteiger partial charge on any atom is 0.306 e. The zero-order valence-corrected chi connectivity index (χ0v) is 43.8. The summed E-state index contributed by atoms with van der Waals surface area (Å²) in [5.74, 6) is -5.67. The number of ether oxygens (including phenoxy) is 7. The predicted molar refractivity (Wildman–Crippen MR) is 258 cm³/mol. The first-order valence-electron chi connectivity index (χ1n) is 24.0. The van der Waals surface area contributed by atoms with E-state index in [1.807, 2.05) is 47.6 Å². The molecule has 70 heavy (non-hydrogen) atoms. The molecule has 0 aliphatic carbocycles. The van der Waals surface area contributed by atoms with Gasteiger partial charge < -0.3 is 38.5 Å². The molecule has 0 radical (unpaired) electrons. The summed E-state index contributed by atoms with van der Waals surface area (Å²) in [4.78, 5) is 111. The molecule has 5 aliphatic heterocycles. The third-order valence-corrected chi connectivity index (χ3v) is 16.8. The summed E-state index contributed by atoms with van der Waals surface area (Å²) < 4.78 is 36.8. The van der Waals surface area contributed by atoms with Crippen LogP contribution in [-0.2, 0) is 66.7 Å². The largest absolute Gasteiger partial charge is 0.469 e. The highest BCUT2D eigenvalue weighted by Gasteiger charge is 2.66. The Labute approximate surface area is 411 Å².